The number of hydrogen-bond acceptors (Lipinski definition) is 6. The van der Waals surface area contributed by atoms with E-state index in [0.717, 1.165) is 89.9 Å². The van der Waals surface area contributed by atoms with Crippen molar-refractivity contribution < 1.29 is 28.6 Å². The van der Waals surface area contributed by atoms with Crippen LogP contribution in [0.3, 0.4) is 0 Å². The predicted molar refractivity (Wildman–Crippen MR) is 353 cm³/mol. The number of esters is 3. The number of allylic oxidation sites excluding steroid dienone is 12. The second kappa shape index (κ2) is 69.3. The lowest BCUT2D eigenvalue weighted by atomic mass is 10.0. The number of unbranched alkanes of at least 4 members (excludes halogenated alkanes) is 42. The van der Waals surface area contributed by atoms with Crippen molar-refractivity contribution in [3.63, 3.8) is 0 Å². The van der Waals surface area contributed by atoms with Crippen molar-refractivity contribution in [2.24, 2.45) is 0 Å². The Balaban J connectivity index is 4.33. The van der Waals surface area contributed by atoms with Gasteiger partial charge >= 0.3 is 17.9 Å². The molecule has 6 nitrogen and oxygen atoms in total. The van der Waals surface area contributed by atoms with Crippen molar-refractivity contribution in [2.75, 3.05) is 13.2 Å². The Labute approximate surface area is 503 Å². The van der Waals surface area contributed by atoms with Crippen LogP contribution in [0.5, 0.6) is 0 Å². The SMILES string of the molecule is CC/C=C\C/C=C\C/C=C\C/C=C\CCCCCCCCCCCCCCC(=O)OCC(COC(=O)CCCCCCCCCCCCCCCCCCCCC)OC(=O)CCCCCCCCCCC/C=C\C/C=C\CCCCC. The number of hydrogen-bond donors (Lipinski definition) is 0. The largest absolute Gasteiger partial charge is 0.462 e. The van der Waals surface area contributed by atoms with Gasteiger partial charge in [-0.05, 0) is 89.9 Å². The van der Waals surface area contributed by atoms with E-state index in [4.69, 9.17) is 14.2 Å². The van der Waals surface area contributed by atoms with Gasteiger partial charge in [0, 0.05) is 19.3 Å². The fourth-order valence-electron chi connectivity index (χ4n) is 10.4. The van der Waals surface area contributed by atoms with Crippen LogP contribution in [0.15, 0.2) is 72.9 Å². The Hall–Kier alpha value is -3.15. The van der Waals surface area contributed by atoms with Gasteiger partial charge in [-0.1, -0.05) is 331 Å². The summed E-state index contributed by atoms with van der Waals surface area (Å²) in [4.78, 5) is 38.5. The summed E-state index contributed by atoms with van der Waals surface area (Å²) >= 11 is 0. The first-order valence-electron chi connectivity index (χ1n) is 35.4. The fourth-order valence-corrected chi connectivity index (χ4v) is 10.4. The second-order valence-electron chi connectivity index (χ2n) is 23.8. The van der Waals surface area contributed by atoms with Crippen LogP contribution in [-0.2, 0) is 28.6 Å². The van der Waals surface area contributed by atoms with E-state index in [2.05, 4.69) is 93.7 Å². The van der Waals surface area contributed by atoms with Gasteiger partial charge in [0.05, 0.1) is 0 Å². The molecule has 0 saturated heterocycles. The predicted octanol–water partition coefficient (Wildman–Crippen LogP) is 24.4. The maximum atomic E-state index is 13.0. The molecular weight excluding hydrogens is 997 g/mol. The maximum absolute atomic E-state index is 13.0. The van der Waals surface area contributed by atoms with Crippen molar-refractivity contribution in [1.82, 2.24) is 0 Å². The van der Waals surface area contributed by atoms with Crippen molar-refractivity contribution in [2.45, 2.75) is 374 Å². The summed E-state index contributed by atoms with van der Waals surface area (Å²) in [6.07, 6.45) is 90.6. The van der Waals surface area contributed by atoms with Gasteiger partial charge in [-0.2, -0.15) is 0 Å². The zero-order chi connectivity index (χ0) is 58.5. The third kappa shape index (κ3) is 67.5. The Morgan fingerprint density at radius 1 is 0.259 bits per heavy atom. The Morgan fingerprint density at radius 2 is 0.481 bits per heavy atom. The first-order valence-corrected chi connectivity index (χ1v) is 35.4. The molecule has 0 aromatic carbocycles. The van der Waals surface area contributed by atoms with Gasteiger partial charge in [0.2, 0.25) is 0 Å². The Morgan fingerprint density at radius 3 is 0.778 bits per heavy atom. The van der Waals surface area contributed by atoms with E-state index in [1.54, 1.807) is 0 Å². The highest BCUT2D eigenvalue weighted by Gasteiger charge is 2.19. The first kappa shape index (κ1) is 77.9. The van der Waals surface area contributed by atoms with E-state index in [1.165, 1.54) is 238 Å². The molecule has 1 atom stereocenters. The van der Waals surface area contributed by atoms with Crippen molar-refractivity contribution in [3.05, 3.63) is 72.9 Å². The molecule has 0 amide bonds. The Bertz CT molecular complexity index is 1490. The topological polar surface area (TPSA) is 78.9 Å². The molecule has 81 heavy (non-hydrogen) atoms. The van der Waals surface area contributed by atoms with Gasteiger partial charge < -0.3 is 14.2 Å². The first-order chi connectivity index (χ1) is 40.0. The standard InChI is InChI=1S/C75H134O6/c1-4-7-10-13-16-19-22-25-28-31-34-35-36-37-38-39-42-44-47-50-53-56-59-62-65-68-74(77)80-71-72(81-75(78)69-66-63-60-57-54-51-48-45-41-33-30-27-24-21-18-15-12-9-6-3)70-79-73(76)67-64-61-58-55-52-49-46-43-40-32-29-26-23-20-17-14-11-8-5-2/h7,10,16,18-19,21,25,27-28,30,34-35,72H,4-6,8-9,11-15,17,20,22-24,26,29,31-33,36-71H2,1-3H3/b10-7-,19-16-,21-18-,28-25-,30-27-,35-34-. The summed E-state index contributed by atoms with van der Waals surface area (Å²) in [5.41, 5.74) is 0. The van der Waals surface area contributed by atoms with Crippen LogP contribution in [0.4, 0.5) is 0 Å². The molecule has 0 N–H and O–H groups in total. The molecule has 0 radical (unpaired) electrons. The molecule has 0 aliphatic heterocycles. The highest BCUT2D eigenvalue weighted by Crippen LogP contribution is 2.18. The number of carbonyl (C=O) groups excluding carboxylic acids is 3. The zero-order valence-corrected chi connectivity index (χ0v) is 54.1. The van der Waals surface area contributed by atoms with Crippen molar-refractivity contribution in [3.8, 4) is 0 Å². The molecular formula is C75H134O6. The van der Waals surface area contributed by atoms with Gasteiger partial charge in [0.15, 0.2) is 6.10 Å². The quantitative estimate of drug-likeness (QED) is 0.0261. The number of rotatable bonds is 65. The highest BCUT2D eigenvalue weighted by atomic mass is 16.6. The third-order valence-corrected chi connectivity index (χ3v) is 15.7. The molecule has 1 unspecified atom stereocenters. The lowest BCUT2D eigenvalue weighted by molar-refractivity contribution is -0.167. The third-order valence-electron chi connectivity index (χ3n) is 15.7. The summed E-state index contributed by atoms with van der Waals surface area (Å²) in [5, 5.41) is 0. The van der Waals surface area contributed by atoms with Crippen LogP contribution in [-0.4, -0.2) is 37.2 Å². The van der Waals surface area contributed by atoms with Crippen molar-refractivity contribution in [1.29, 1.82) is 0 Å². The van der Waals surface area contributed by atoms with Crippen LogP contribution < -0.4 is 0 Å². The zero-order valence-electron chi connectivity index (χ0n) is 54.1. The molecule has 0 heterocycles. The van der Waals surface area contributed by atoms with E-state index in [9.17, 15) is 14.4 Å². The molecule has 0 spiro atoms. The van der Waals surface area contributed by atoms with Gasteiger partial charge in [0.1, 0.15) is 13.2 Å². The second-order valence-corrected chi connectivity index (χ2v) is 23.8. The minimum Gasteiger partial charge on any atom is -0.462 e. The molecule has 0 fully saturated rings. The molecule has 0 aromatic rings. The van der Waals surface area contributed by atoms with Gasteiger partial charge in [-0.3, -0.25) is 14.4 Å². The highest BCUT2D eigenvalue weighted by molar-refractivity contribution is 5.71. The van der Waals surface area contributed by atoms with E-state index >= 15 is 0 Å². The average Bonchev–Trinajstić information content (AvgIpc) is 3.47. The molecule has 0 aliphatic rings. The lowest BCUT2D eigenvalue weighted by Crippen LogP contribution is -2.30. The monoisotopic (exact) mass is 1130 g/mol. The molecule has 0 saturated carbocycles. The smallest absolute Gasteiger partial charge is 0.306 e. The van der Waals surface area contributed by atoms with Crippen molar-refractivity contribution >= 4 is 17.9 Å². The minimum absolute atomic E-state index is 0.0729. The van der Waals surface area contributed by atoms with E-state index < -0.39 is 6.10 Å². The molecule has 0 rings (SSSR count). The van der Waals surface area contributed by atoms with Crippen LogP contribution in [0, 0.1) is 0 Å². The molecule has 0 aliphatic carbocycles. The normalized spacial score (nSPS) is 12.5. The molecule has 0 bridgehead atoms. The van der Waals surface area contributed by atoms with E-state index in [1.807, 2.05) is 0 Å². The summed E-state index contributed by atoms with van der Waals surface area (Å²) in [7, 11) is 0. The maximum Gasteiger partial charge on any atom is 0.306 e. The van der Waals surface area contributed by atoms with Gasteiger partial charge in [-0.15, -0.1) is 0 Å². The minimum atomic E-state index is -0.778. The number of ether oxygens (including phenoxy) is 3. The molecule has 6 heteroatoms. The van der Waals surface area contributed by atoms with Gasteiger partial charge in [-0.25, -0.2) is 0 Å². The van der Waals surface area contributed by atoms with Crippen LogP contribution in [0.2, 0.25) is 0 Å². The van der Waals surface area contributed by atoms with Crippen LogP contribution in [0.25, 0.3) is 0 Å². The number of carbonyl (C=O) groups is 3. The fraction of sp³-hybridized carbons (Fsp3) is 0.800. The van der Waals surface area contributed by atoms with E-state index in [0.29, 0.717) is 19.3 Å². The molecule has 470 valence electrons. The molecule has 0 aromatic heterocycles. The lowest BCUT2D eigenvalue weighted by Gasteiger charge is -2.18. The van der Waals surface area contributed by atoms with E-state index in [-0.39, 0.29) is 31.1 Å². The summed E-state index contributed by atoms with van der Waals surface area (Å²) in [6.45, 7) is 6.56. The van der Waals surface area contributed by atoms with Crippen LogP contribution >= 0.6 is 0 Å². The summed E-state index contributed by atoms with van der Waals surface area (Å²) < 4.78 is 17.0. The summed E-state index contributed by atoms with van der Waals surface area (Å²) in [5.74, 6) is -0.855. The van der Waals surface area contributed by atoms with Gasteiger partial charge in [0.25, 0.3) is 0 Å². The average molecular weight is 1130 g/mol. The van der Waals surface area contributed by atoms with Crippen LogP contribution in [0.1, 0.15) is 367 Å². The Kier molecular flexibility index (Phi) is 66.6. The summed E-state index contributed by atoms with van der Waals surface area (Å²) in [6, 6.07) is 0.